The monoisotopic (exact) mass is 475 g/mol. The molecule has 1 aliphatic rings. The standard InChI is InChI=1S/C22H19ClFN3O6/c1-22(2)20(31)26(13-4-3-12(9-25)17(23)7-13)21(32)27(22)14-5-6-16(18(24)8-14)19(30)33-11-15(29)10-28/h3-8,15,28-29H,10-11H2,1-2H3/t15-/m1/s1. The molecular weight excluding hydrogens is 457 g/mol. The first-order valence-corrected chi connectivity index (χ1v) is 10.0. The molecule has 0 spiro atoms. The summed E-state index contributed by atoms with van der Waals surface area (Å²) in [5, 5.41) is 27.1. The van der Waals surface area contributed by atoms with Crippen molar-refractivity contribution in [2.45, 2.75) is 25.5 Å². The third kappa shape index (κ3) is 4.39. The van der Waals surface area contributed by atoms with E-state index in [9.17, 15) is 23.9 Å². The second kappa shape index (κ2) is 9.15. The van der Waals surface area contributed by atoms with E-state index in [1.165, 1.54) is 38.1 Å². The molecule has 2 aromatic carbocycles. The highest BCUT2D eigenvalue weighted by Gasteiger charge is 2.52. The molecule has 0 radical (unpaired) electrons. The van der Waals surface area contributed by atoms with Crippen LogP contribution in [0.2, 0.25) is 5.02 Å². The van der Waals surface area contributed by atoms with Gasteiger partial charge in [0.05, 0.1) is 28.4 Å². The summed E-state index contributed by atoms with van der Waals surface area (Å²) in [7, 11) is 0. The molecule has 33 heavy (non-hydrogen) atoms. The van der Waals surface area contributed by atoms with E-state index in [1.54, 1.807) is 0 Å². The third-order valence-electron chi connectivity index (χ3n) is 5.05. The van der Waals surface area contributed by atoms with Gasteiger partial charge in [-0.3, -0.25) is 9.69 Å². The number of nitrogens with zero attached hydrogens (tertiary/aromatic N) is 3. The number of imide groups is 1. The lowest BCUT2D eigenvalue weighted by atomic mass is 10.0. The van der Waals surface area contributed by atoms with E-state index in [4.69, 9.17) is 26.7 Å². The number of amides is 3. The number of carbonyl (C=O) groups excluding carboxylic acids is 3. The Morgan fingerprint density at radius 3 is 2.48 bits per heavy atom. The Hall–Kier alpha value is -3.52. The molecule has 11 heteroatoms. The molecule has 1 saturated heterocycles. The van der Waals surface area contributed by atoms with Crippen molar-refractivity contribution >= 4 is 40.9 Å². The van der Waals surface area contributed by atoms with Gasteiger partial charge in [-0.25, -0.2) is 18.9 Å². The lowest BCUT2D eigenvalue weighted by Gasteiger charge is -2.27. The molecule has 172 valence electrons. The van der Waals surface area contributed by atoms with Gasteiger partial charge in [-0.1, -0.05) is 11.6 Å². The number of benzene rings is 2. The van der Waals surface area contributed by atoms with Crippen LogP contribution >= 0.6 is 11.6 Å². The molecule has 2 N–H and O–H groups in total. The van der Waals surface area contributed by atoms with Gasteiger partial charge in [0.15, 0.2) is 0 Å². The molecule has 1 atom stereocenters. The van der Waals surface area contributed by atoms with Gasteiger partial charge in [-0.2, -0.15) is 5.26 Å². The molecule has 1 heterocycles. The number of aliphatic hydroxyl groups is 2. The van der Waals surface area contributed by atoms with E-state index in [-0.39, 0.29) is 22.0 Å². The van der Waals surface area contributed by atoms with E-state index >= 15 is 0 Å². The van der Waals surface area contributed by atoms with Crippen LogP contribution in [0.3, 0.4) is 0 Å². The predicted molar refractivity (Wildman–Crippen MR) is 115 cm³/mol. The fourth-order valence-electron chi connectivity index (χ4n) is 3.30. The predicted octanol–water partition coefficient (Wildman–Crippen LogP) is 2.61. The summed E-state index contributed by atoms with van der Waals surface area (Å²) in [6.07, 6.45) is -1.30. The van der Waals surface area contributed by atoms with Crippen molar-refractivity contribution in [3.8, 4) is 6.07 Å². The van der Waals surface area contributed by atoms with Crippen LogP contribution in [0.1, 0.15) is 29.8 Å². The van der Waals surface area contributed by atoms with Gasteiger partial charge in [0.25, 0.3) is 5.91 Å². The van der Waals surface area contributed by atoms with E-state index in [2.05, 4.69) is 0 Å². The minimum atomic E-state index is -1.41. The van der Waals surface area contributed by atoms with Crippen molar-refractivity contribution in [1.29, 1.82) is 5.26 Å². The Kier molecular flexibility index (Phi) is 6.69. The summed E-state index contributed by atoms with van der Waals surface area (Å²) in [4.78, 5) is 40.3. The largest absolute Gasteiger partial charge is 0.459 e. The van der Waals surface area contributed by atoms with Gasteiger partial charge in [0.2, 0.25) is 0 Å². The van der Waals surface area contributed by atoms with Crippen LogP contribution in [-0.2, 0) is 9.53 Å². The maximum Gasteiger partial charge on any atom is 0.341 e. The number of nitriles is 1. The Labute approximate surface area is 193 Å². The average molecular weight is 476 g/mol. The van der Waals surface area contributed by atoms with Crippen LogP contribution in [0.25, 0.3) is 0 Å². The first-order chi connectivity index (χ1) is 15.5. The molecule has 0 saturated carbocycles. The van der Waals surface area contributed by atoms with Gasteiger partial charge in [-0.05, 0) is 50.2 Å². The van der Waals surface area contributed by atoms with Crippen molar-refractivity contribution < 1.29 is 33.7 Å². The highest BCUT2D eigenvalue weighted by molar-refractivity contribution is 6.33. The number of halogens is 2. The molecule has 3 amide bonds. The second-order valence-electron chi connectivity index (χ2n) is 7.69. The highest BCUT2D eigenvalue weighted by Crippen LogP contribution is 2.37. The molecule has 9 nitrogen and oxygen atoms in total. The lowest BCUT2D eigenvalue weighted by molar-refractivity contribution is -0.120. The zero-order chi connectivity index (χ0) is 24.5. The van der Waals surface area contributed by atoms with Crippen molar-refractivity contribution in [3.63, 3.8) is 0 Å². The number of esters is 1. The molecule has 3 rings (SSSR count). The van der Waals surface area contributed by atoms with E-state index < -0.39 is 54.1 Å². The van der Waals surface area contributed by atoms with Gasteiger partial charge < -0.3 is 14.9 Å². The molecule has 1 aliphatic heterocycles. The summed E-state index contributed by atoms with van der Waals surface area (Å²) < 4.78 is 19.4. The molecule has 0 unspecified atom stereocenters. The Morgan fingerprint density at radius 1 is 1.24 bits per heavy atom. The minimum absolute atomic E-state index is 0.0186. The van der Waals surface area contributed by atoms with Crippen molar-refractivity contribution in [2.24, 2.45) is 0 Å². The van der Waals surface area contributed by atoms with Crippen molar-refractivity contribution in [1.82, 2.24) is 0 Å². The molecule has 1 fully saturated rings. The van der Waals surface area contributed by atoms with Crippen LogP contribution < -0.4 is 9.80 Å². The number of urea groups is 1. The summed E-state index contributed by atoms with van der Waals surface area (Å²) in [5.41, 5.74) is -1.52. The molecule has 2 aromatic rings. The number of rotatable bonds is 6. The number of hydrogen-bond acceptors (Lipinski definition) is 7. The Bertz CT molecular complexity index is 1180. The fraction of sp³-hybridized carbons (Fsp3) is 0.273. The lowest BCUT2D eigenvalue weighted by Crippen LogP contribution is -2.44. The number of carbonyl (C=O) groups is 3. The average Bonchev–Trinajstić information content (AvgIpc) is 2.95. The Balaban J connectivity index is 1.93. The van der Waals surface area contributed by atoms with Crippen molar-refractivity contribution in [2.75, 3.05) is 23.0 Å². The minimum Gasteiger partial charge on any atom is -0.459 e. The SMILES string of the molecule is CC1(C)C(=O)N(c2ccc(C#N)c(Cl)c2)C(=O)N1c1ccc(C(=O)OC[C@H](O)CO)c(F)c1. The van der Waals surface area contributed by atoms with Crippen LogP contribution in [-0.4, -0.2) is 53.0 Å². The van der Waals surface area contributed by atoms with Gasteiger partial charge >= 0.3 is 12.0 Å². The molecular formula is C22H19ClFN3O6. The number of ether oxygens (including phenoxy) is 1. The third-order valence-corrected chi connectivity index (χ3v) is 5.36. The fourth-order valence-corrected chi connectivity index (χ4v) is 3.52. The van der Waals surface area contributed by atoms with E-state index in [1.807, 2.05) is 6.07 Å². The number of anilines is 2. The topological polar surface area (TPSA) is 131 Å². The quantitative estimate of drug-likeness (QED) is 0.485. The summed E-state index contributed by atoms with van der Waals surface area (Å²) in [5.74, 6) is -2.68. The van der Waals surface area contributed by atoms with Crippen LogP contribution in [0, 0.1) is 17.1 Å². The van der Waals surface area contributed by atoms with Crippen LogP contribution in [0.4, 0.5) is 20.6 Å². The molecule has 0 aliphatic carbocycles. The molecule has 0 bridgehead atoms. The smallest absolute Gasteiger partial charge is 0.341 e. The van der Waals surface area contributed by atoms with E-state index in [0.29, 0.717) is 0 Å². The number of hydrogen-bond donors (Lipinski definition) is 2. The first-order valence-electron chi connectivity index (χ1n) is 9.67. The van der Waals surface area contributed by atoms with E-state index in [0.717, 1.165) is 21.9 Å². The zero-order valence-electron chi connectivity index (χ0n) is 17.6. The maximum atomic E-state index is 14.7. The first kappa shape index (κ1) is 24.1. The zero-order valence-corrected chi connectivity index (χ0v) is 18.3. The molecule has 0 aromatic heterocycles. The van der Waals surface area contributed by atoms with Gasteiger partial charge in [-0.15, -0.1) is 0 Å². The maximum absolute atomic E-state index is 14.7. The van der Waals surface area contributed by atoms with Crippen LogP contribution in [0.15, 0.2) is 36.4 Å². The second-order valence-corrected chi connectivity index (χ2v) is 8.10. The highest BCUT2D eigenvalue weighted by atomic mass is 35.5. The Morgan fingerprint density at radius 2 is 1.91 bits per heavy atom. The van der Waals surface area contributed by atoms with Crippen molar-refractivity contribution in [3.05, 3.63) is 58.4 Å². The van der Waals surface area contributed by atoms with Crippen LogP contribution in [0.5, 0.6) is 0 Å². The van der Waals surface area contributed by atoms with Gasteiger partial charge in [0.1, 0.15) is 30.1 Å². The summed E-state index contributed by atoms with van der Waals surface area (Å²) in [6, 6.07) is 8.50. The summed E-state index contributed by atoms with van der Waals surface area (Å²) in [6.45, 7) is 1.81. The normalized spacial score (nSPS) is 16.0. The summed E-state index contributed by atoms with van der Waals surface area (Å²) >= 11 is 6.04. The number of aliphatic hydroxyl groups excluding tert-OH is 2. The van der Waals surface area contributed by atoms with Gasteiger partial charge in [0, 0.05) is 5.69 Å².